The van der Waals surface area contributed by atoms with Crippen molar-refractivity contribution in [3.63, 3.8) is 0 Å². The zero-order valence-electron chi connectivity index (χ0n) is 64.4. The topological polar surface area (TPSA) is 237 Å². The molecule has 0 fully saturated rings. The number of phosphoric ester groups is 2. The van der Waals surface area contributed by atoms with Crippen LogP contribution >= 0.6 is 15.6 Å². The number of hydrogen-bond acceptors (Lipinski definition) is 15. The lowest BCUT2D eigenvalue weighted by molar-refractivity contribution is -0.161. The van der Waals surface area contributed by atoms with E-state index in [1.54, 1.807) is 0 Å². The fraction of sp³-hybridized carbons (Fsp3) is 0.949. The number of unbranched alkanes of at least 4 members (excludes halogenated alkanes) is 41. The Morgan fingerprint density at radius 1 is 0.286 bits per heavy atom. The van der Waals surface area contributed by atoms with Crippen LogP contribution in [0, 0.1) is 23.7 Å². The quantitative estimate of drug-likeness (QED) is 0.0222. The molecule has 0 bridgehead atoms. The van der Waals surface area contributed by atoms with Crippen LogP contribution in [0.25, 0.3) is 0 Å². The first kappa shape index (κ1) is 96.1. The number of carbonyl (C=O) groups excluding carboxylic acids is 4. The zero-order chi connectivity index (χ0) is 72.4. The van der Waals surface area contributed by atoms with E-state index in [0.29, 0.717) is 25.7 Å². The van der Waals surface area contributed by atoms with E-state index in [2.05, 4.69) is 55.4 Å². The molecule has 0 aliphatic rings. The molecule has 0 rings (SSSR count). The number of phosphoric acid groups is 2. The highest BCUT2D eigenvalue weighted by Crippen LogP contribution is 2.45. The van der Waals surface area contributed by atoms with Gasteiger partial charge in [-0.25, -0.2) is 9.13 Å². The Morgan fingerprint density at radius 2 is 0.490 bits per heavy atom. The van der Waals surface area contributed by atoms with Crippen molar-refractivity contribution in [1.82, 2.24) is 0 Å². The van der Waals surface area contributed by atoms with Gasteiger partial charge >= 0.3 is 39.5 Å². The second kappa shape index (κ2) is 68.2. The standard InChI is InChI=1S/C79H154O17P2/c1-9-72(8)58-50-42-37-38-44-52-60-77(82)90-66-75(96-78(83)61-53-45-35-29-23-17-13-11-15-20-26-32-40-48-56-70(4)5)68-94-98(87,88)92-64-73(80)63-91-97(85,86)93-67-74(95-79(84)62-54-46-36-30-24-18-21-27-33-41-49-57-71(6)7)65-89-76(81)59-51-43-34-28-22-16-12-10-14-19-25-31-39-47-55-69(2)3/h69-75,80H,9-68H2,1-8H3,(H,85,86)(H,87,88)/t72?,73-,74-,75-/m1/s1. The molecule has 0 spiro atoms. The summed E-state index contributed by atoms with van der Waals surface area (Å²) in [6.45, 7) is 14.2. The minimum Gasteiger partial charge on any atom is -0.462 e. The molecule has 0 aromatic heterocycles. The van der Waals surface area contributed by atoms with Crippen molar-refractivity contribution in [2.24, 2.45) is 23.7 Å². The second-order valence-corrected chi connectivity index (χ2v) is 33.0. The number of rotatable bonds is 76. The molecule has 0 aliphatic heterocycles. The van der Waals surface area contributed by atoms with Gasteiger partial charge in [-0.05, 0) is 49.4 Å². The van der Waals surface area contributed by atoms with Crippen LogP contribution in [0.4, 0.5) is 0 Å². The Labute approximate surface area is 600 Å². The largest absolute Gasteiger partial charge is 0.472 e. The highest BCUT2D eigenvalue weighted by Gasteiger charge is 2.30. The van der Waals surface area contributed by atoms with E-state index in [-0.39, 0.29) is 25.7 Å². The molecule has 3 unspecified atom stereocenters. The van der Waals surface area contributed by atoms with Crippen LogP contribution in [0.5, 0.6) is 0 Å². The summed E-state index contributed by atoms with van der Waals surface area (Å²) in [6.07, 6.45) is 54.1. The highest BCUT2D eigenvalue weighted by atomic mass is 31.2. The fourth-order valence-corrected chi connectivity index (χ4v) is 13.6. The van der Waals surface area contributed by atoms with Gasteiger partial charge < -0.3 is 33.8 Å². The molecule has 0 aromatic carbocycles. The summed E-state index contributed by atoms with van der Waals surface area (Å²) in [7, 11) is -9.92. The Bertz CT molecular complexity index is 1920. The Hall–Kier alpha value is -1.94. The maximum absolute atomic E-state index is 13.1. The van der Waals surface area contributed by atoms with Crippen molar-refractivity contribution < 1.29 is 80.2 Å². The molecule has 98 heavy (non-hydrogen) atoms. The van der Waals surface area contributed by atoms with Crippen molar-refractivity contribution in [2.45, 2.75) is 420 Å². The van der Waals surface area contributed by atoms with Crippen LogP contribution in [0.1, 0.15) is 402 Å². The summed E-state index contributed by atoms with van der Waals surface area (Å²) in [5.74, 6) is 0.973. The van der Waals surface area contributed by atoms with Crippen LogP contribution in [0.2, 0.25) is 0 Å². The third kappa shape index (κ3) is 71.1. The predicted molar refractivity (Wildman–Crippen MR) is 400 cm³/mol. The summed E-state index contributed by atoms with van der Waals surface area (Å²) in [5, 5.41) is 10.6. The van der Waals surface area contributed by atoms with E-state index >= 15 is 0 Å². The number of esters is 4. The minimum atomic E-state index is -4.96. The van der Waals surface area contributed by atoms with Crippen LogP contribution in [-0.2, 0) is 65.4 Å². The Balaban J connectivity index is 5.24. The summed E-state index contributed by atoms with van der Waals surface area (Å²) < 4.78 is 68.6. The van der Waals surface area contributed by atoms with E-state index < -0.39 is 97.5 Å². The van der Waals surface area contributed by atoms with Crippen molar-refractivity contribution >= 4 is 39.5 Å². The highest BCUT2D eigenvalue weighted by molar-refractivity contribution is 7.47. The third-order valence-electron chi connectivity index (χ3n) is 18.7. The smallest absolute Gasteiger partial charge is 0.462 e. The molecule has 0 aromatic rings. The number of aliphatic hydroxyl groups is 1. The number of ether oxygens (including phenoxy) is 4. The van der Waals surface area contributed by atoms with Crippen LogP contribution in [-0.4, -0.2) is 96.7 Å². The van der Waals surface area contributed by atoms with E-state index in [4.69, 9.17) is 37.0 Å². The first-order chi connectivity index (χ1) is 47.1. The summed E-state index contributed by atoms with van der Waals surface area (Å²) >= 11 is 0. The van der Waals surface area contributed by atoms with Crippen LogP contribution < -0.4 is 0 Å². The lowest BCUT2D eigenvalue weighted by Crippen LogP contribution is -2.30. The van der Waals surface area contributed by atoms with Crippen molar-refractivity contribution in [3.05, 3.63) is 0 Å². The molecule has 19 heteroatoms. The van der Waals surface area contributed by atoms with Crippen molar-refractivity contribution in [3.8, 4) is 0 Å². The molecule has 6 atom stereocenters. The lowest BCUT2D eigenvalue weighted by Gasteiger charge is -2.21. The molecule has 3 N–H and O–H groups in total. The molecule has 0 amide bonds. The summed E-state index contributed by atoms with van der Waals surface area (Å²) in [4.78, 5) is 73.0. The molecule has 0 heterocycles. The normalized spacial score (nSPS) is 14.3. The second-order valence-electron chi connectivity index (χ2n) is 30.1. The van der Waals surface area contributed by atoms with Crippen LogP contribution in [0.15, 0.2) is 0 Å². The average molecular weight is 1440 g/mol. The van der Waals surface area contributed by atoms with Gasteiger partial charge in [0.05, 0.1) is 26.4 Å². The monoisotopic (exact) mass is 1440 g/mol. The van der Waals surface area contributed by atoms with E-state index in [9.17, 15) is 43.2 Å². The van der Waals surface area contributed by atoms with E-state index in [1.165, 1.54) is 199 Å². The first-order valence-corrected chi connectivity index (χ1v) is 43.7. The number of carbonyl (C=O) groups is 4. The van der Waals surface area contributed by atoms with Gasteiger partial charge in [-0.1, -0.05) is 351 Å². The molecular weight excluding hydrogens is 1280 g/mol. The maximum Gasteiger partial charge on any atom is 0.472 e. The van der Waals surface area contributed by atoms with Gasteiger partial charge in [0.2, 0.25) is 0 Å². The lowest BCUT2D eigenvalue weighted by atomic mass is 10.00. The van der Waals surface area contributed by atoms with Gasteiger partial charge in [-0.15, -0.1) is 0 Å². The molecule has 0 saturated carbocycles. The molecule has 582 valence electrons. The average Bonchev–Trinajstić information content (AvgIpc) is 1.00. The number of aliphatic hydroxyl groups excluding tert-OH is 1. The zero-order valence-corrected chi connectivity index (χ0v) is 66.2. The van der Waals surface area contributed by atoms with Gasteiger partial charge in [0.15, 0.2) is 12.2 Å². The SMILES string of the molecule is CCC(C)CCCCCCCCC(=O)OC[C@H](COP(=O)(O)OC[C@H](O)COP(=O)(O)OC[C@@H](COC(=O)CCCCCCCCCCCCCCCCC(C)C)OC(=O)CCCCCCCCCCCCCC(C)C)OC(=O)CCCCCCCCCCCCCCCCC(C)C. The van der Waals surface area contributed by atoms with E-state index in [0.717, 1.165) is 120 Å². The van der Waals surface area contributed by atoms with Crippen molar-refractivity contribution in [2.75, 3.05) is 39.6 Å². The maximum atomic E-state index is 13.1. The molecule has 0 radical (unpaired) electrons. The van der Waals surface area contributed by atoms with Gasteiger partial charge in [-0.2, -0.15) is 0 Å². The minimum absolute atomic E-state index is 0.106. The molecule has 0 aliphatic carbocycles. The third-order valence-corrected chi connectivity index (χ3v) is 20.6. The van der Waals surface area contributed by atoms with Gasteiger partial charge in [0.25, 0.3) is 0 Å². The molecular formula is C79H154O17P2. The van der Waals surface area contributed by atoms with Gasteiger partial charge in [0.1, 0.15) is 19.3 Å². The van der Waals surface area contributed by atoms with Gasteiger partial charge in [-0.3, -0.25) is 37.3 Å². The first-order valence-electron chi connectivity index (χ1n) is 40.7. The Kier molecular flexibility index (Phi) is 66.8. The predicted octanol–water partition coefficient (Wildman–Crippen LogP) is 23.2. The van der Waals surface area contributed by atoms with Crippen molar-refractivity contribution in [1.29, 1.82) is 0 Å². The Morgan fingerprint density at radius 3 is 0.724 bits per heavy atom. The molecule has 17 nitrogen and oxygen atoms in total. The van der Waals surface area contributed by atoms with Gasteiger partial charge in [0, 0.05) is 25.7 Å². The van der Waals surface area contributed by atoms with E-state index in [1.807, 2.05) is 0 Å². The summed E-state index contributed by atoms with van der Waals surface area (Å²) in [5.41, 5.74) is 0. The summed E-state index contributed by atoms with van der Waals surface area (Å²) in [6, 6.07) is 0. The number of hydrogen-bond donors (Lipinski definition) is 3. The fourth-order valence-electron chi connectivity index (χ4n) is 12.0. The van der Waals surface area contributed by atoms with Crippen LogP contribution in [0.3, 0.4) is 0 Å². The molecule has 0 saturated heterocycles.